The molecule has 0 radical (unpaired) electrons. The predicted octanol–water partition coefficient (Wildman–Crippen LogP) is 2.40. The van der Waals surface area contributed by atoms with Crippen LogP contribution in [0.15, 0.2) is 16.6 Å². The van der Waals surface area contributed by atoms with E-state index in [9.17, 15) is 19.7 Å². The maximum Gasteiger partial charge on any atom is 0.341 e. The monoisotopic (exact) mass is 417 g/mol. The maximum absolute atomic E-state index is 11.8. The SMILES string of the molecule is COC(=O)c1cc([N+](=O)[O-])c(Br)cc1OCCOC1CC(C(=O)O)C1. The maximum atomic E-state index is 11.8. The molecule has 1 saturated carbocycles. The predicted molar refractivity (Wildman–Crippen MR) is 87.7 cm³/mol. The Morgan fingerprint density at radius 3 is 2.60 bits per heavy atom. The minimum absolute atomic E-state index is 0.0630. The van der Waals surface area contributed by atoms with E-state index in [-0.39, 0.29) is 46.7 Å². The van der Waals surface area contributed by atoms with E-state index in [2.05, 4.69) is 20.7 Å². The lowest BCUT2D eigenvalue weighted by Gasteiger charge is -2.32. The number of benzene rings is 1. The van der Waals surface area contributed by atoms with Gasteiger partial charge in [0.05, 0.1) is 35.1 Å². The van der Waals surface area contributed by atoms with Crippen LogP contribution >= 0.6 is 15.9 Å². The number of halogens is 1. The van der Waals surface area contributed by atoms with Gasteiger partial charge in [-0.05, 0) is 28.8 Å². The summed E-state index contributed by atoms with van der Waals surface area (Å²) in [7, 11) is 1.17. The number of methoxy groups -OCH3 is 1. The van der Waals surface area contributed by atoms with E-state index in [4.69, 9.17) is 14.6 Å². The number of rotatable bonds is 8. The first-order valence-corrected chi connectivity index (χ1v) is 8.16. The van der Waals surface area contributed by atoms with Crippen LogP contribution in [0.25, 0.3) is 0 Å². The van der Waals surface area contributed by atoms with Crippen LogP contribution in [0.4, 0.5) is 5.69 Å². The van der Waals surface area contributed by atoms with Crippen molar-refractivity contribution in [3.63, 3.8) is 0 Å². The molecule has 1 N–H and O–H groups in total. The van der Waals surface area contributed by atoms with Gasteiger partial charge in [-0.15, -0.1) is 0 Å². The number of nitro groups is 1. The molecule has 1 aliphatic carbocycles. The van der Waals surface area contributed by atoms with Gasteiger partial charge in [-0.25, -0.2) is 4.79 Å². The zero-order valence-corrected chi connectivity index (χ0v) is 14.9. The Labute approximate surface area is 151 Å². The van der Waals surface area contributed by atoms with Gasteiger partial charge in [0.1, 0.15) is 17.9 Å². The summed E-state index contributed by atoms with van der Waals surface area (Å²) in [4.78, 5) is 32.8. The van der Waals surface area contributed by atoms with Crippen molar-refractivity contribution in [2.45, 2.75) is 18.9 Å². The van der Waals surface area contributed by atoms with Gasteiger partial charge >= 0.3 is 11.9 Å². The number of carboxylic acids is 1. The number of esters is 1. The van der Waals surface area contributed by atoms with Crippen molar-refractivity contribution in [1.82, 2.24) is 0 Å². The Morgan fingerprint density at radius 2 is 2.04 bits per heavy atom. The van der Waals surface area contributed by atoms with Crippen LogP contribution in [0.3, 0.4) is 0 Å². The molecule has 2 rings (SSSR count). The van der Waals surface area contributed by atoms with E-state index in [0.717, 1.165) is 6.07 Å². The van der Waals surface area contributed by atoms with Gasteiger partial charge < -0.3 is 19.3 Å². The second-order valence-electron chi connectivity index (χ2n) is 5.40. The number of aliphatic carboxylic acids is 1. The molecule has 1 fully saturated rings. The number of nitro benzene ring substituents is 1. The zero-order chi connectivity index (χ0) is 18.6. The fourth-order valence-electron chi connectivity index (χ4n) is 2.34. The van der Waals surface area contributed by atoms with Crippen molar-refractivity contribution in [1.29, 1.82) is 0 Å². The van der Waals surface area contributed by atoms with Gasteiger partial charge in [0.15, 0.2) is 0 Å². The topological polar surface area (TPSA) is 125 Å². The first kappa shape index (κ1) is 19.1. The molecular formula is C15H16BrNO8. The lowest BCUT2D eigenvalue weighted by Crippen LogP contribution is -2.37. The van der Waals surface area contributed by atoms with Gasteiger partial charge in [0.25, 0.3) is 5.69 Å². The van der Waals surface area contributed by atoms with Gasteiger partial charge in [0.2, 0.25) is 0 Å². The van der Waals surface area contributed by atoms with Gasteiger partial charge in [-0.3, -0.25) is 14.9 Å². The molecule has 136 valence electrons. The Morgan fingerprint density at radius 1 is 1.36 bits per heavy atom. The summed E-state index contributed by atoms with van der Waals surface area (Å²) < 4.78 is 15.7. The lowest BCUT2D eigenvalue weighted by atomic mass is 9.82. The van der Waals surface area contributed by atoms with Crippen LogP contribution in [-0.2, 0) is 14.3 Å². The summed E-state index contributed by atoms with van der Waals surface area (Å²) in [6, 6.07) is 2.41. The van der Waals surface area contributed by atoms with E-state index in [1.807, 2.05) is 0 Å². The Kier molecular flexibility index (Phi) is 6.32. The average Bonchev–Trinajstić information content (AvgIpc) is 2.51. The van der Waals surface area contributed by atoms with Crippen molar-refractivity contribution in [2.24, 2.45) is 5.92 Å². The molecule has 0 amide bonds. The minimum Gasteiger partial charge on any atom is -0.490 e. The van der Waals surface area contributed by atoms with Crippen molar-refractivity contribution < 1.29 is 33.8 Å². The van der Waals surface area contributed by atoms with Gasteiger partial charge in [0, 0.05) is 12.1 Å². The molecule has 1 aromatic rings. The number of carbonyl (C=O) groups excluding carboxylic acids is 1. The highest BCUT2D eigenvalue weighted by Gasteiger charge is 2.35. The van der Waals surface area contributed by atoms with Crippen molar-refractivity contribution in [3.8, 4) is 5.75 Å². The first-order valence-electron chi connectivity index (χ1n) is 7.37. The van der Waals surface area contributed by atoms with E-state index >= 15 is 0 Å². The van der Waals surface area contributed by atoms with Crippen LogP contribution in [0.1, 0.15) is 23.2 Å². The molecular weight excluding hydrogens is 402 g/mol. The second kappa shape index (κ2) is 8.26. The third-order valence-corrected chi connectivity index (χ3v) is 4.42. The zero-order valence-electron chi connectivity index (χ0n) is 13.3. The van der Waals surface area contributed by atoms with Crippen molar-refractivity contribution in [3.05, 3.63) is 32.3 Å². The van der Waals surface area contributed by atoms with E-state index < -0.39 is 16.9 Å². The third kappa shape index (κ3) is 4.67. The number of carboxylic acid groups (broad SMARTS) is 1. The summed E-state index contributed by atoms with van der Waals surface area (Å²) in [5.41, 5.74) is -0.342. The Bertz CT molecular complexity index is 686. The quantitative estimate of drug-likeness (QED) is 0.295. The number of ether oxygens (including phenoxy) is 3. The normalized spacial score (nSPS) is 19.0. The molecule has 25 heavy (non-hydrogen) atoms. The molecule has 0 spiro atoms. The number of carbonyl (C=O) groups is 2. The highest BCUT2D eigenvalue weighted by molar-refractivity contribution is 9.10. The molecule has 0 bridgehead atoms. The highest BCUT2D eigenvalue weighted by atomic mass is 79.9. The fourth-order valence-corrected chi connectivity index (χ4v) is 2.81. The molecule has 1 aliphatic rings. The molecule has 0 aromatic heterocycles. The van der Waals surface area contributed by atoms with Crippen LogP contribution in [0.2, 0.25) is 0 Å². The van der Waals surface area contributed by atoms with Crippen LogP contribution < -0.4 is 4.74 Å². The van der Waals surface area contributed by atoms with Crippen molar-refractivity contribution >= 4 is 33.6 Å². The largest absolute Gasteiger partial charge is 0.490 e. The number of nitrogens with zero attached hydrogens (tertiary/aromatic N) is 1. The van der Waals surface area contributed by atoms with Gasteiger partial charge in [-0.2, -0.15) is 0 Å². The molecule has 1 aromatic carbocycles. The summed E-state index contributed by atoms with van der Waals surface area (Å²) in [6.07, 6.45) is 0.811. The van der Waals surface area contributed by atoms with Crippen LogP contribution in [0.5, 0.6) is 5.75 Å². The van der Waals surface area contributed by atoms with Gasteiger partial charge in [-0.1, -0.05) is 0 Å². The summed E-state index contributed by atoms with van der Waals surface area (Å²) in [5.74, 6) is -1.81. The molecule has 0 heterocycles. The average molecular weight is 418 g/mol. The van der Waals surface area contributed by atoms with Crippen molar-refractivity contribution in [2.75, 3.05) is 20.3 Å². The third-order valence-electron chi connectivity index (χ3n) is 3.79. The Hall–Kier alpha value is -2.20. The molecule has 0 aliphatic heterocycles. The van der Waals surface area contributed by atoms with E-state index in [1.54, 1.807) is 0 Å². The van der Waals surface area contributed by atoms with E-state index in [1.165, 1.54) is 13.2 Å². The number of hydrogen-bond donors (Lipinski definition) is 1. The van der Waals surface area contributed by atoms with E-state index in [0.29, 0.717) is 12.8 Å². The molecule has 0 saturated heterocycles. The molecule has 10 heteroatoms. The minimum atomic E-state index is -0.824. The fraction of sp³-hybridized carbons (Fsp3) is 0.467. The highest BCUT2D eigenvalue weighted by Crippen LogP contribution is 2.33. The summed E-state index contributed by atoms with van der Waals surface area (Å²) in [5, 5.41) is 19.8. The van der Waals surface area contributed by atoms with Crippen LogP contribution in [0, 0.1) is 16.0 Å². The molecule has 0 unspecified atom stereocenters. The summed E-state index contributed by atoms with van der Waals surface area (Å²) >= 11 is 3.06. The standard InChI is InChI=1S/C15H16BrNO8/c1-23-15(20)10-6-12(17(21)22)11(16)7-13(10)25-3-2-24-9-4-8(5-9)14(18)19/h6-9H,2-5H2,1H3,(H,18,19). The smallest absolute Gasteiger partial charge is 0.341 e. The summed E-state index contributed by atoms with van der Waals surface area (Å²) in [6.45, 7) is 0.300. The second-order valence-corrected chi connectivity index (χ2v) is 6.25. The molecule has 9 nitrogen and oxygen atoms in total. The molecule has 0 atom stereocenters. The van der Waals surface area contributed by atoms with Crippen LogP contribution in [-0.4, -0.2) is 48.4 Å². The number of hydrogen-bond acceptors (Lipinski definition) is 7. The lowest BCUT2D eigenvalue weighted by molar-refractivity contribution is -0.385. The first-order chi connectivity index (χ1) is 11.8. The Balaban J connectivity index is 1.94.